The maximum absolute atomic E-state index is 5.13. The van der Waals surface area contributed by atoms with Crippen LogP contribution in [0.2, 0.25) is 0 Å². The van der Waals surface area contributed by atoms with Crippen LogP contribution in [0.25, 0.3) is 94.6 Å². The van der Waals surface area contributed by atoms with Crippen molar-refractivity contribution in [2.75, 3.05) is 0 Å². The van der Waals surface area contributed by atoms with Gasteiger partial charge < -0.3 is 4.57 Å². The molecule has 266 valence electrons. The van der Waals surface area contributed by atoms with E-state index < -0.39 is 0 Å². The van der Waals surface area contributed by atoms with Crippen molar-refractivity contribution in [2.24, 2.45) is 0 Å². The molecule has 11 rings (SSSR count). The number of hydrogen-bond donors (Lipinski definition) is 0. The third kappa shape index (κ3) is 5.43. The van der Waals surface area contributed by atoms with Gasteiger partial charge in [-0.25, -0.2) is 4.98 Å². The first-order valence-electron chi connectivity index (χ1n) is 19.5. The second kappa shape index (κ2) is 13.3. The number of para-hydroxylation sites is 2. The van der Waals surface area contributed by atoms with Crippen molar-refractivity contribution in [3.8, 4) is 51.0 Å². The molecule has 0 saturated heterocycles. The quantitative estimate of drug-likeness (QED) is 0.161. The Bertz CT molecular complexity index is 3040. The second-order valence-corrected chi connectivity index (χ2v) is 14.7. The van der Waals surface area contributed by atoms with E-state index in [0.29, 0.717) is 23.6 Å². The third-order valence-electron chi connectivity index (χ3n) is 11.4. The van der Waals surface area contributed by atoms with Gasteiger partial charge in [0.2, 0.25) is 5.95 Å². The molecule has 1 atom stereocenters. The minimum Gasteiger partial charge on any atom is -0.333 e. The Kier molecular flexibility index (Phi) is 7.69. The van der Waals surface area contributed by atoms with E-state index in [1.807, 2.05) is 60.7 Å². The van der Waals surface area contributed by atoms with E-state index in [1.165, 1.54) is 52.2 Å². The molecule has 5 heteroatoms. The van der Waals surface area contributed by atoms with Crippen molar-refractivity contribution in [3.05, 3.63) is 182 Å². The summed E-state index contributed by atoms with van der Waals surface area (Å²) in [4.78, 5) is 15.2. The molecule has 1 aliphatic carbocycles. The van der Waals surface area contributed by atoms with Gasteiger partial charge in [0, 0.05) is 38.2 Å². The highest BCUT2D eigenvalue weighted by molar-refractivity contribution is 6.11. The van der Waals surface area contributed by atoms with Crippen molar-refractivity contribution in [1.29, 1.82) is 0 Å². The van der Waals surface area contributed by atoms with Gasteiger partial charge in [-0.3, -0.25) is 4.57 Å². The summed E-state index contributed by atoms with van der Waals surface area (Å²) in [5.74, 6) is 1.87. The molecule has 0 aliphatic heterocycles. The van der Waals surface area contributed by atoms with Crippen molar-refractivity contribution in [2.45, 2.75) is 25.3 Å². The van der Waals surface area contributed by atoms with Gasteiger partial charge in [-0.2, -0.15) is 9.97 Å². The predicted molar refractivity (Wildman–Crippen MR) is 231 cm³/mol. The smallest absolute Gasteiger partial charge is 0.238 e. The van der Waals surface area contributed by atoms with Crippen molar-refractivity contribution >= 4 is 43.6 Å². The zero-order valence-corrected chi connectivity index (χ0v) is 30.8. The summed E-state index contributed by atoms with van der Waals surface area (Å²) in [5.41, 5.74) is 11.3. The number of rotatable bonds is 6. The highest BCUT2D eigenvalue weighted by atomic mass is 15.2. The van der Waals surface area contributed by atoms with Crippen LogP contribution in [0, 0.1) is 0 Å². The summed E-state index contributed by atoms with van der Waals surface area (Å²) in [6, 6.07) is 60.8. The standard InChI is InChI=1S/C51H37N5/c1-4-14-36(15-5-1)49-52-50(37-16-6-2-7-17-37)54-51(53-49)56-46-23-13-11-21-42(46)44-31-29-39(33-48(44)56)35-26-24-34(25-27-35)38-28-30-43-41-20-10-12-22-45(41)55(47(43)32-38)40-18-8-3-9-19-40/h1-2,4-8,10-18,20-33,40H,3,9,19H2. The summed E-state index contributed by atoms with van der Waals surface area (Å²) in [6.45, 7) is 0. The molecule has 0 saturated carbocycles. The van der Waals surface area contributed by atoms with Crippen LogP contribution in [0.15, 0.2) is 182 Å². The van der Waals surface area contributed by atoms with Crippen LogP contribution in [0.5, 0.6) is 0 Å². The molecule has 1 aliphatic rings. The van der Waals surface area contributed by atoms with Crippen molar-refractivity contribution in [1.82, 2.24) is 24.1 Å². The van der Waals surface area contributed by atoms with Crippen LogP contribution in [-0.2, 0) is 0 Å². The number of aromatic nitrogens is 5. The first kappa shape index (κ1) is 32.3. The van der Waals surface area contributed by atoms with E-state index in [1.54, 1.807) is 0 Å². The molecule has 0 radical (unpaired) electrons. The normalized spacial score (nSPS) is 14.3. The third-order valence-corrected chi connectivity index (χ3v) is 11.4. The van der Waals surface area contributed by atoms with E-state index in [4.69, 9.17) is 15.0 Å². The Morgan fingerprint density at radius 2 is 0.911 bits per heavy atom. The molecule has 3 aromatic heterocycles. The van der Waals surface area contributed by atoms with E-state index in [9.17, 15) is 0 Å². The van der Waals surface area contributed by atoms with E-state index in [-0.39, 0.29) is 0 Å². The molecule has 10 aromatic rings. The SMILES string of the molecule is C1=CC(n2c3ccccc3c3ccc(-c4ccc(-c5ccc6c7ccccc7n(-c7nc(-c8ccccc8)nc(-c8ccccc8)n7)c6c5)cc4)cc32)CCC1. The van der Waals surface area contributed by atoms with Crippen LogP contribution in [0.4, 0.5) is 0 Å². The van der Waals surface area contributed by atoms with Gasteiger partial charge in [0.05, 0.1) is 22.6 Å². The lowest BCUT2D eigenvalue weighted by Gasteiger charge is -2.21. The Morgan fingerprint density at radius 3 is 1.52 bits per heavy atom. The monoisotopic (exact) mass is 719 g/mol. The molecule has 0 N–H and O–H groups in total. The lowest BCUT2D eigenvalue weighted by Crippen LogP contribution is -2.08. The first-order chi connectivity index (χ1) is 27.8. The van der Waals surface area contributed by atoms with Gasteiger partial charge in [0.1, 0.15) is 0 Å². The molecule has 0 spiro atoms. The maximum atomic E-state index is 5.13. The van der Waals surface area contributed by atoms with Crippen LogP contribution in [0.1, 0.15) is 25.3 Å². The fourth-order valence-corrected chi connectivity index (χ4v) is 8.66. The maximum Gasteiger partial charge on any atom is 0.238 e. The topological polar surface area (TPSA) is 48.5 Å². The molecular weight excluding hydrogens is 683 g/mol. The second-order valence-electron chi connectivity index (χ2n) is 14.7. The average Bonchev–Trinajstić information content (AvgIpc) is 3.79. The van der Waals surface area contributed by atoms with E-state index in [2.05, 4.69) is 130 Å². The van der Waals surface area contributed by atoms with Crippen LogP contribution < -0.4 is 0 Å². The van der Waals surface area contributed by atoms with Gasteiger partial charge in [-0.1, -0.05) is 158 Å². The summed E-state index contributed by atoms with van der Waals surface area (Å²) in [7, 11) is 0. The number of nitrogens with zero attached hydrogens (tertiary/aromatic N) is 5. The molecule has 0 bridgehead atoms. The molecular formula is C51H37N5. The molecule has 56 heavy (non-hydrogen) atoms. The molecule has 1 unspecified atom stereocenters. The zero-order valence-electron chi connectivity index (χ0n) is 30.8. The summed E-state index contributed by atoms with van der Waals surface area (Å²) >= 11 is 0. The lowest BCUT2D eigenvalue weighted by atomic mass is 9.98. The van der Waals surface area contributed by atoms with Gasteiger partial charge in [-0.15, -0.1) is 0 Å². The van der Waals surface area contributed by atoms with Crippen LogP contribution in [0.3, 0.4) is 0 Å². The zero-order chi connectivity index (χ0) is 37.0. The molecule has 0 amide bonds. The number of fused-ring (bicyclic) bond motifs is 6. The Labute approximate surface area is 324 Å². The van der Waals surface area contributed by atoms with Gasteiger partial charge >= 0.3 is 0 Å². The molecule has 0 fully saturated rings. The van der Waals surface area contributed by atoms with Gasteiger partial charge in [0.15, 0.2) is 11.6 Å². The Morgan fingerprint density at radius 1 is 0.411 bits per heavy atom. The van der Waals surface area contributed by atoms with Crippen molar-refractivity contribution in [3.63, 3.8) is 0 Å². The molecule has 5 nitrogen and oxygen atoms in total. The summed E-state index contributed by atoms with van der Waals surface area (Å²) in [6.07, 6.45) is 8.31. The molecule has 3 heterocycles. The fraction of sp³-hybridized carbons (Fsp3) is 0.0784. The predicted octanol–water partition coefficient (Wildman–Crippen LogP) is 13.0. The first-order valence-corrected chi connectivity index (χ1v) is 19.5. The van der Waals surface area contributed by atoms with Gasteiger partial charge in [-0.05, 0) is 65.8 Å². The summed E-state index contributed by atoms with van der Waals surface area (Å²) in [5, 5.41) is 4.94. The number of allylic oxidation sites excluding steroid dienone is 2. The highest BCUT2D eigenvalue weighted by Gasteiger charge is 2.20. The van der Waals surface area contributed by atoms with Crippen molar-refractivity contribution < 1.29 is 0 Å². The average molecular weight is 720 g/mol. The minimum absolute atomic E-state index is 0.377. The van der Waals surface area contributed by atoms with E-state index in [0.717, 1.165) is 44.1 Å². The largest absolute Gasteiger partial charge is 0.333 e. The highest BCUT2D eigenvalue weighted by Crippen LogP contribution is 2.39. The lowest BCUT2D eigenvalue weighted by molar-refractivity contribution is 0.542. The number of benzene rings is 7. The Hall–Kier alpha value is -7.11. The number of hydrogen-bond acceptors (Lipinski definition) is 3. The van der Waals surface area contributed by atoms with Crippen LogP contribution in [-0.4, -0.2) is 24.1 Å². The molecule has 7 aromatic carbocycles. The van der Waals surface area contributed by atoms with Gasteiger partial charge in [0.25, 0.3) is 0 Å². The fourth-order valence-electron chi connectivity index (χ4n) is 8.66. The minimum atomic E-state index is 0.377. The Balaban J connectivity index is 1.02. The summed E-state index contributed by atoms with van der Waals surface area (Å²) < 4.78 is 4.75. The van der Waals surface area contributed by atoms with E-state index >= 15 is 0 Å². The van der Waals surface area contributed by atoms with Crippen LogP contribution >= 0.6 is 0 Å².